The van der Waals surface area contributed by atoms with Gasteiger partial charge in [0.2, 0.25) is 0 Å². The minimum atomic E-state index is -0.479. The maximum absolute atomic E-state index is 12.4. The molecule has 4 nitrogen and oxygen atoms in total. The van der Waals surface area contributed by atoms with E-state index in [0.29, 0.717) is 23.2 Å². The molecular formula is C17H17ClN2O2S. The normalized spacial score (nSPS) is 10.0. The Morgan fingerprint density at radius 3 is 2.61 bits per heavy atom. The Morgan fingerprint density at radius 1 is 1.22 bits per heavy atom. The summed E-state index contributed by atoms with van der Waals surface area (Å²) in [7, 11) is 0. The van der Waals surface area contributed by atoms with Crippen LogP contribution in [0.3, 0.4) is 0 Å². The molecule has 2 aromatic carbocycles. The molecule has 23 heavy (non-hydrogen) atoms. The van der Waals surface area contributed by atoms with Crippen LogP contribution in [0.1, 0.15) is 6.92 Å². The second-order valence-corrected chi connectivity index (χ2v) is 5.74. The molecular weight excluding hydrogens is 332 g/mol. The zero-order chi connectivity index (χ0) is 16.7. The van der Waals surface area contributed by atoms with Crippen LogP contribution in [0.25, 0.3) is 0 Å². The van der Waals surface area contributed by atoms with Crippen molar-refractivity contribution >= 4 is 46.3 Å². The fraction of sp³-hybridized carbons (Fsp3) is 0.176. The van der Waals surface area contributed by atoms with E-state index >= 15 is 0 Å². The van der Waals surface area contributed by atoms with Crippen molar-refractivity contribution in [3.63, 3.8) is 0 Å². The third-order valence-electron chi connectivity index (χ3n) is 2.96. The highest BCUT2D eigenvalue weighted by Gasteiger charge is 2.17. The predicted molar refractivity (Wildman–Crippen MR) is 98.9 cm³/mol. The van der Waals surface area contributed by atoms with Gasteiger partial charge in [-0.1, -0.05) is 36.5 Å². The molecule has 0 aliphatic heterocycles. The molecule has 1 amide bonds. The number of benzene rings is 2. The monoisotopic (exact) mass is 348 g/mol. The molecule has 0 atom stereocenters. The molecule has 0 spiro atoms. The van der Waals surface area contributed by atoms with Crippen molar-refractivity contribution in [2.75, 3.05) is 22.6 Å². The summed E-state index contributed by atoms with van der Waals surface area (Å²) >= 11 is 10.8. The average molecular weight is 349 g/mol. The predicted octanol–water partition coefficient (Wildman–Crippen LogP) is 4.69. The van der Waals surface area contributed by atoms with E-state index in [9.17, 15) is 4.79 Å². The van der Waals surface area contributed by atoms with Gasteiger partial charge in [0.25, 0.3) is 0 Å². The van der Waals surface area contributed by atoms with Gasteiger partial charge in [0.1, 0.15) is 5.75 Å². The quantitative estimate of drug-likeness (QED) is 0.628. The molecule has 0 bridgehead atoms. The van der Waals surface area contributed by atoms with Gasteiger partial charge < -0.3 is 10.1 Å². The number of carbonyl (C=O) groups is 1. The minimum Gasteiger partial charge on any atom is -0.410 e. The van der Waals surface area contributed by atoms with Gasteiger partial charge >= 0.3 is 6.09 Å². The SMILES string of the molecule is CC(=S)Nc1cccc(OC(=O)N(CCCl)c2ccccc2)c1. The van der Waals surface area contributed by atoms with Gasteiger partial charge in [-0.05, 0) is 31.2 Å². The Balaban J connectivity index is 2.14. The summed E-state index contributed by atoms with van der Waals surface area (Å²) in [5, 5.41) is 3.01. The van der Waals surface area contributed by atoms with E-state index in [4.69, 9.17) is 28.6 Å². The molecule has 0 unspecified atom stereocenters. The van der Waals surface area contributed by atoms with Crippen molar-refractivity contribution in [2.45, 2.75) is 6.92 Å². The zero-order valence-corrected chi connectivity index (χ0v) is 14.2. The number of nitrogens with one attached hydrogen (secondary N) is 1. The first-order valence-electron chi connectivity index (χ1n) is 7.08. The van der Waals surface area contributed by atoms with Crippen LogP contribution < -0.4 is 15.0 Å². The largest absolute Gasteiger partial charge is 0.419 e. The van der Waals surface area contributed by atoms with Crippen LogP contribution in [0.4, 0.5) is 16.2 Å². The Morgan fingerprint density at radius 2 is 1.96 bits per heavy atom. The summed E-state index contributed by atoms with van der Waals surface area (Å²) in [6.45, 7) is 2.15. The van der Waals surface area contributed by atoms with Crippen LogP contribution in [-0.4, -0.2) is 23.5 Å². The molecule has 0 aliphatic carbocycles. The Bertz CT molecular complexity index is 679. The van der Waals surface area contributed by atoms with Gasteiger partial charge in [0, 0.05) is 29.9 Å². The maximum atomic E-state index is 12.4. The highest BCUT2D eigenvalue weighted by atomic mass is 35.5. The highest BCUT2D eigenvalue weighted by molar-refractivity contribution is 7.80. The lowest BCUT2D eigenvalue weighted by Gasteiger charge is -2.21. The second-order valence-electron chi connectivity index (χ2n) is 4.75. The van der Waals surface area contributed by atoms with E-state index in [1.165, 1.54) is 4.90 Å². The van der Waals surface area contributed by atoms with Crippen molar-refractivity contribution in [1.29, 1.82) is 0 Å². The van der Waals surface area contributed by atoms with E-state index in [0.717, 1.165) is 11.4 Å². The Labute approximate surface area is 146 Å². The van der Waals surface area contributed by atoms with E-state index in [1.54, 1.807) is 25.1 Å². The number of hydrogen-bond acceptors (Lipinski definition) is 3. The molecule has 6 heteroatoms. The zero-order valence-electron chi connectivity index (χ0n) is 12.7. The summed E-state index contributed by atoms with van der Waals surface area (Å²) in [5.74, 6) is 0.752. The van der Waals surface area contributed by atoms with Gasteiger partial charge in [-0.15, -0.1) is 11.6 Å². The molecule has 120 valence electrons. The fourth-order valence-corrected chi connectivity index (χ4v) is 2.30. The number of amides is 1. The molecule has 0 fully saturated rings. The molecule has 0 aromatic heterocycles. The van der Waals surface area contributed by atoms with Crippen molar-refractivity contribution in [3.05, 3.63) is 54.6 Å². The number of rotatable bonds is 5. The Kier molecular flexibility index (Phi) is 6.38. The Hall–Kier alpha value is -2.11. The molecule has 2 rings (SSSR count). The van der Waals surface area contributed by atoms with Gasteiger partial charge in [0.05, 0.1) is 4.99 Å². The number of thiocarbonyl (C=S) groups is 1. The summed E-state index contributed by atoms with van der Waals surface area (Å²) < 4.78 is 5.45. The van der Waals surface area contributed by atoms with Crippen LogP contribution in [0.15, 0.2) is 54.6 Å². The highest BCUT2D eigenvalue weighted by Crippen LogP contribution is 2.20. The smallest absolute Gasteiger partial charge is 0.410 e. The van der Waals surface area contributed by atoms with E-state index in [1.807, 2.05) is 36.4 Å². The van der Waals surface area contributed by atoms with Gasteiger partial charge in [-0.25, -0.2) is 4.79 Å². The van der Waals surface area contributed by atoms with Crippen molar-refractivity contribution in [1.82, 2.24) is 0 Å². The number of hydrogen-bond donors (Lipinski definition) is 1. The van der Waals surface area contributed by atoms with E-state index in [2.05, 4.69) is 5.32 Å². The van der Waals surface area contributed by atoms with Crippen molar-refractivity contribution in [2.24, 2.45) is 0 Å². The molecule has 0 aliphatic rings. The maximum Gasteiger partial charge on any atom is 0.419 e. The molecule has 2 aromatic rings. The summed E-state index contributed by atoms with van der Waals surface area (Å²) in [5.41, 5.74) is 1.51. The second kappa shape index (κ2) is 8.50. The van der Waals surface area contributed by atoms with Crippen LogP contribution in [0, 0.1) is 0 Å². The van der Waals surface area contributed by atoms with Crippen molar-refractivity contribution < 1.29 is 9.53 Å². The van der Waals surface area contributed by atoms with Crippen LogP contribution in [0.2, 0.25) is 0 Å². The van der Waals surface area contributed by atoms with Gasteiger partial charge in [-0.3, -0.25) is 4.90 Å². The number of alkyl halides is 1. The average Bonchev–Trinajstić information content (AvgIpc) is 2.53. The minimum absolute atomic E-state index is 0.315. The lowest BCUT2D eigenvalue weighted by atomic mass is 10.3. The number of para-hydroxylation sites is 1. The topological polar surface area (TPSA) is 41.6 Å². The molecule has 0 radical (unpaired) electrons. The lowest BCUT2D eigenvalue weighted by Crippen LogP contribution is -2.35. The fourth-order valence-electron chi connectivity index (χ4n) is 2.01. The molecule has 1 N–H and O–H groups in total. The number of ether oxygens (including phenoxy) is 1. The van der Waals surface area contributed by atoms with E-state index in [-0.39, 0.29) is 0 Å². The van der Waals surface area contributed by atoms with Crippen LogP contribution in [-0.2, 0) is 0 Å². The number of nitrogens with zero attached hydrogens (tertiary/aromatic N) is 1. The summed E-state index contributed by atoms with van der Waals surface area (Å²) in [4.78, 5) is 14.6. The summed E-state index contributed by atoms with van der Waals surface area (Å²) in [6, 6.07) is 16.3. The number of carbonyl (C=O) groups excluding carboxylic acids is 1. The standard InChI is InChI=1S/C17H17ClN2O2S/c1-13(23)19-14-6-5-9-16(12-14)22-17(21)20(11-10-18)15-7-3-2-4-8-15/h2-9,12H,10-11H2,1H3,(H,19,23). The third-order valence-corrected chi connectivity index (χ3v) is 3.23. The van der Waals surface area contributed by atoms with Crippen LogP contribution >= 0.6 is 23.8 Å². The van der Waals surface area contributed by atoms with Crippen LogP contribution in [0.5, 0.6) is 5.75 Å². The summed E-state index contributed by atoms with van der Waals surface area (Å²) in [6.07, 6.45) is -0.479. The van der Waals surface area contributed by atoms with Gasteiger partial charge in [0.15, 0.2) is 0 Å². The number of halogens is 1. The molecule has 0 heterocycles. The lowest BCUT2D eigenvalue weighted by molar-refractivity contribution is 0.208. The first-order chi connectivity index (χ1) is 11.1. The van der Waals surface area contributed by atoms with E-state index < -0.39 is 6.09 Å². The molecule has 0 saturated carbocycles. The molecule has 0 saturated heterocycles. The third kappa shape index (κ3) is 5.23. The first-order valence-corrected chi connectivity index (χ1v) is 8.02. The van der Waals surface area contributed by atoms with Gasteiger partial charge in [-0.2, -0.15) is 0 Å². The van der Waals surface area contributed by atoms with Crippen molar-refractivity contribution in [3.8, 4) is 5.75 Å². The number of anilines is 2. The first kappa shape index (κ1) is 17.2.